The second kappa shape index (κ2) is 7.61. The van der Waals surface area contributed by atoms with Gasteiger partial charge in [0.1, 0.15) is 0 Å². The minimum absolute atomic E-state index is 0.962. The molecule has 2 nitrogen and oxygen atoms in total. The Hall–Kier alpha value is -3.91. The Morgan fingerprint density at radius 3 is 1.93 bits per heavy atom. The molecule has 0 saturated heterocycles. The maximum absolute atomic E-state index is 4.89. The number of para-hydroxylation sites is 2. The first-order valence-corrected chi connectivity index (χ1v) is 9.75. The molecule has 29 heavy (non-hydrogen) atoms. The molecule has 0 bridgehead atoms. The Bertz CT molecular complexity index is 1260. The van der Waals surface area contributed by atoms with Crippen LogP contribution in [0.4, 0.5) is 11.4 Å². The number of benzene rings is 4. The van der Waals surface area contributed by atoms with E-state index in [1.54, 1.807) is 0 Å². The summed E-state index contributed by atoms with van der Waals surface area (Å²) in [6, 6.07) is 39.6. The van der Waals surface area contributed by atoms with Crippen LogP contribution in [0.3, 0.4) is 0 Å². The zero-order chi connectivity index (χ0) is 19.5. The Morgan fingerprint density at radius 1 is 0.517 bits per heavy atom. The summed E-state index contributed by atoms with van der Waals surface area (Å²) < 4.78 is 0. The van der Waals surface area contributed by atoms with Gasteiger partial charge in [-0.2, -0.15) is 0 Å². The third-order valence-corrected chi connectivity index (χ3v) is 5.07. The van der Waals surface area contributed by atoms with Gasteiger partial charge in [-0.15, -0.1) is 0 Å². The highest BCUT2D eigenvalue weighted by atomic mass is 14.9. The van der Waals surface area contributed by atoms with E-state index in [9.17, 15) is 0 Å². The molecule has 138 valence electrons. The zero-order valence-electron chi connectivity index (χ0n) is 15.9. The Labute approximate surface area is 170 Å². The van der Waals surface area contributed by atoms with Crippen molar-refractivity contribution in [3.8, 4) is 22.4 Å². The fraction of sp³-hybridized carbons (Fsp3) is 0. The molecule has 5 rings (SSSR count). The summed E-state index contributed by atoms with van der Waals surface area (Å²) in [4.78, 5) is 4.89. The van der Waals surface area contributed by atoms with Gasteiger partial charge in [0.15, 0.2) is 0 Å². The first-order chi connectivity index (χ1) is 14.4. The second-order valence-corrected chi connectivity index (χ2v) is 6.97. The molecule has 2 heteroatoms. The first-order valence-electron chi connectivity index (χ1n) is 9.75. The predicted octanol–water partition coefficient (Wildman–Crippen LogP) is 7.31. The highest BCUT2D eigenvalue weighted by Crippen LogP contribution is 2.34. The van der Waals surface area contributed by atoms with Gasteiger partial charge in [0, 0.05) is 22.2 Å². The van der Waals surface area contributed by atoms with Gasteiger partial charge in [-0.1, -0.05) is 97.1 Å². The normalized spacial score (nSPS) is 10.8. The molecule has 0 aliphatic rings. The molecule has 0 fully saturated rings. The highest BCUT2D eigenvalue weighted by molar-refractivity contribution is 5.97. The van der Waals surface area contributed by atoms with Crippen LogP contribution in [0.15, 0.2) is 115 Å². The molecule has 5 aromatic rings. The molecule has 0 saturated carbocycles. The number of hydrogen-bond acceptors (Lipinski definition) is 2. The summed E-state index contributed by atoms with van der Waals surface area (Å²) in [5.74, 6) is 0. The second-order valence-electron chi connectivity index (χ2n) is 6.97. The van der Waals surface area contributed by atoms with Crippen molar-refractivity contribution < 1.29 is 0 Å². The van der Waals surface area contributed by atoms with Crippen LogP contribution in [-0.4, -0.2) is 4.98 Å². The Kier molecular flexibility index (Phi) is 4.51. The Balaban J connectivity index is 1.65. The average Bonchev–Trinajstić information content (AvgIpc) is 2.80. The molecule has 1 N–H and O–H groups in total. The van der Waals surface area contributed by atoms with Crippen LogP contribution in [0.25, 0.3) is 33.3 Å². The first kappa shape index (κ1) is 17.2. The molecular weight excluding hydrogens is 352 g/mol. The lowest BCUT2D eigenvalue weighted by molar-refractivity contribution is 1.39. The zero-order valence-corrected chi connectivity index (χ0v) is 15.9. The van der Waals surface area contributed by atoms with Crippen molar-refractivity contribution >= 4 is 22.3 Å². The molecule has 1 aromatic heterocycles. The number of rotatable bonds is 4. The summed E-state index contributed by atoms with van der Waals surface area (Å²) in [6.45, 7) is 0. The van der Waals surface area contributed by atoms with E-state index in [-0.39, 0.29) is 0 Å². The van der Waals surface area contributed by atoms with Crippen molar-refractivity contribution in [1.82, 2.24) is 4.98 Å². The lowest BCUT2D eigenvalue weighted by Gasteiger charge is -2.15. The van der Waals surface area contributed by atoms with Gasteiger partial charge in [-0.25, -0.2) is 4.98 Å². The summed E-state index contributed by atoms with van der Waals surface area (Å²) in [6.07, 6.45) is 0. The molecule has 0 unspecified atom stereocenters. The topological polar surface area (TPSA) is 24.9 Å². The van der Waals surface area contributed by atoms with Gasteiger partial charge in [-0.3, -0.25) is 0 Å². The van der Waals surface area contributed by atoms with Crippen molar-refractivity contribution in [2.75, 3.05) is 5.32 Å². The molecule has 0 amide bonds. The lowest BCUT2D eigenvalue weighted by atomic mass is 10.0. The van der Waals surface area contributed by atoms with Crippen LogP contribution in [0.5, 0.6) is 0 Å². The minimum Gasteiger partial charge on any atom is -0.354 e. The molecule has 4 aromatic carbocycles. The van der Waals surface area contributed by atoms with E-state index >= 15 is 0 Å². The molecule has 1 heterocycles. The number of aromatic nitrogens is 1. The number of nitrogens with zero attached hydrogens (tertiary/aromatic N) is 1. The van der Waals surface area contributed by atoms with Crippen LogP contribution in [0.1, 0.15) is 0 Å². The van der Waals surface area contributed by atoms with Crippen molar-refractivity contribution in [1.29, 1.82) is 0 Å². The molecular formula is C27H20N2. The number of hydrogen-bond donors (Lipinski definition) is 1. The molecule has 0 spiro atoms. The van der Waals surface area contributed by atoms with E-state index < -0.39 is 0 Å². The Morgan fingerprint density at radius 2 is 1.14 bits per heavy atom. The van der Waals surface area contributed by atoms with Gasteiger partial charge < -0.3 is 5.32 Å². The summed E-state index contributed by atoms with van der Waals surface area (Å²) in [5, 5.41) is 4.79. The van der Waals surface area contributed by atoms with E-state index in [2.05, 4.69) is 90.2 Å². The smallest absolute Gasteiger partial charge is 0.0730 e. The van der Waals surface area contributed by atoms with Gasteiger partial charge in [0.25, 0.3) is 0 Å². The van der Waals surface area contributed by atoms with E-state index in [0.717, 1.165) is 33.5 Å². The van der Waals surface area contributed by atoms with Gasteiger partial charge in [0.2, 0.25) is 0 Å². The van der Waals surface area contributed by atoms with Crippen molar-refractivity contribution in [3.05, 3.63) is 115 Å². The van der Waals surface area contributed by atoms with Gasteiger partial charge in [-0.05, 0) is 23.8 Å². The van der Waals surface area contributed by atoms with Crippen molar-refractivity contribution in [2.45, 2.75) is 0 Å². The quantitative estimate of drug-likeness (QED) is 0.358. The van der Waals surface area contributed by atoms with Gasteiger partial charge in [0.05, 0.1) is 16.9 Å². The van der Waals surface area contributed by atoms with Crippen LogP contribution in [0.2, 0.25) is 0 Å². The van der Waals surface area contributed by atoms with Crippen molar-refractivity contribution in [3.63, 3.8) is 0 Å². The highest BCUT2D eigenvalue weighted by Gasteiger charge is 2.10. The van der Waals surface area contributed by atoms with E-state index in [1.807, 2.05) is 30.3 Å². The molecule has 0 aliphatic heterocycles. The fourth-order valence-corrected chi connectivity index (χ4v) is 3.64. The van der Waals surface area contributed by atoms with Crippen LogP contribution < -0.4 is 5.32 Å². The summed E-state index contributed by atoms with van der Waals surface area (Å²) in [5.41, 5.74) is 7.55. The number of anilines is 2. The van der Waals surface area contributed by atoms with Crippen LogP contribution in [-0.2, 0) is 0 Å². The van der Waals surface area contributed by atoms with Crippen LogP contribution >= 0.6 is 0 Å². The number of fused-ring (bicyclic) bond motifs is 1. The molecule has 0 aliphatic carbocycles. The third-order valence-electron chi connectivity index (χ3n) is 5.07. The SMILES string of the molecule is c1ccc(-c2cc(Nc3ccccc3-c3ccccc3)c3ccccc3n2)cc1. The number of nitrogens with one attached hydrogen (secondary N) is 1. The maximum atomic E-state index is 4.89. The maximum Gasteiger partial charge on any atom is 0.0730 e. The molecule has 0 radical (unpaired) electrons. The standard InChI is InChI=1S/C27H20N2/c1-3-11-20(12-4-1)22-15-7-9-17-24(22)29-27-19-26(21-13-5-2-6-14-21)28-25-18-10-8-16-23(25)27/h1-19H,(H,28,29). The van der Waals surface area contributed by atoms with Crippen LogP contribution in [0, 0.1) is 0 Å². The number of pyridine rings is 1. The largest absolute Gasteiger partial charge is 0.354 e. The molecule has 0 atom stereocenters. The van der Waals surface area contributed by atoms with Gasteiger partial charge >= 0.3 is 0 Å². The van der Waals surface area contributed by atoms with Crippen molar-refractivity contribution in [2.24, 2.45) is 0 Å². The van der Waals surface area contributed by atoms with E-state index in [1.165, 1.54) is 11.1 Å². The average molecular weight is 372 g/mol. The van der Waals surface area contributed by atoms with E-state index in [0.29, 0.717) is 0 Å². The third kappa shape index (κ3) is 3.48. The fourth-order valence-electron chi connectivity index (χ4n) is 3.64. The summed E-state index contributed by atoms with van der Waals surface area (Å²) >= 11 is 0. The summed E-state index contributed by atoms with van der Waals surface area (Å²) in [7, 11) is 0. The minimum atomic E-state index is 0.962. The lowest BCUT2D eigenvalue weighted by Crippen LogP contribution is -1.97. The van der Waals surface area contributed by atoms with E-state index in [4.69, 9.17) is 4.98 Å². The monoisotopic (exact) mass is 372 g/mol. The predicted molar refractivity (Wildman–Crippen MR) is 122 cm³/mol.